The van der Waals surface area contributed by atoms with Crippen LogP contribution in [-0.2, 0) is 26.2 Å². The molecule has 2 amide bonds. The predicted molar refractivity (Wildman–Crippen MR) is 153 cm³/mol. The molecule has 0 aliphatic rings. The summed E-state index contributed by atoms with van der Waals surface area (Å²) >= 11 is 0. The van der Waals surface area contributed by atoms with E-state index in [1.54, 1.807) is 56.5 Å². The summed E-state index contributed by atoms with van der Waals surface area (Å²) in [6.07, 6.45) is 0.751. The molecule has 0 spiro atoms. The Morgan fingerprint density at radius 3 is 2.13 bits per heavy atom. The molecule has 0 bridgehead atoms. The minimum atomic E-state index is -4.09. The molecule has 0 saturated heterocycles. The lowest BCUT2D eigenvalue weighted by Crippen LogP contribution is -2.51. The number of nitrogens with zero attached hydrogens (tertiary/aromatic N) is 2. The number of ether oxygens (including phenoxy) is 1. The Morgan fingerprint density at radius 1 is 0.949 bits per heavy atom. The van der Waals surface area contributed by atoms with Gasteiger partial charge in [0, 0.05) is 13.1 Å². The number of hydrogen-bond acceptors (Lipinski definition) is 5. The third-order valence-electron chi connectivity index (χ3n) is 6.33. The van der Waals surface area contributed by atoms with Crippen LogP contribution in [-0.4, -0.2) is 51.4 Å². The monoisotopic (exact) mass is 551 g/mol. The van der Waals surface area contributed by atoms with Crippen molar-refractivity contribution >= 4 is 27.5 Å². The molecule has 9 heteroatoms. The Labute approximate surface area is 231 Å². The van der Waals surface area contributed by atoms with Crippen LogP contribution in [0.1, 0.15) is 37.0 Å². The summed E-state index contributed by atoms with van der Waals surface area (Å²) in [6, 6.07) is 19.8. The number of methoxy groups -OCH3 is 1. The van der Waals surface area contributed by atoms with Gasteiger partial charge >= 0.3 is 0 Å². The van der Waals surface area contributed by atoms with Crippen molar-refractivity contribution in [1.29, 1.82) is 0 Å². The quantitative estimate of drug-likeness (QED) is 0.359. The third-order valence-corrected chi connectivity index (χ3v) is 8.12. The largest absolute Gasteiger partial charge is 0.497 e. The Morgan fingerprint density at radius 2 is 1.56 bits per heavy atom. The smallest absolute Gasteiger partial charge is 0.264 e. The number of amides is 2. The zero-order chi connectivity index (χ0) is 28.6. The van der Waals surface area contributed by atoms with Crippen LogP contribution in [0.15, 0.2) is 77.7 Å². The van der Waals surface area contributed by atoms with Gasteiger partial charge in [0.05, 0.1) is 17.7 Å². The second kappa shape index (κ2) is 13.3. The summed E-state index contributed by atoms with van der Waals surface area (Å²) in [7, 11) is -2.52. The lowest BCUT2D eigenvalue weighted by molar-refractivity contribution is -0.139. The molecule has 1 atom stereocenters. The predicted octanol–water partition coefficient (Wildman–Crippen LogP) is 4.45. The zero-order valence-corrected chi connectivity index (χ0v) is 24.0. The molecule has 3 rings (SSSR count). The van der Waals surface area contributed by atoms with Gasteiger partial charge in [-0.1, -0.05) is 43.3 Å². The van der Waals surface area contributed by atoms with E-state index in [0.717, 1.165) is 27.4 Å². The number of carbonyl (C=O) groups excluding carboxylic acids is 2. The molecular weight excluding hydrogens is 514 g/mol. The van der Waals surface area contributed by atoms with Crippen LogP contribution in [0, 0.1) is 13.8 Å². The number of hydrogen-bond donors (Lipinski definition) is 1. The molecule has 0 aliphatic carbocycles. The fourth-order valence-electron chi connectivity index (χ4n) is 4.25. The van der Waals surface area contributed by atoms with E-state index < -0.39 is 28.5 Å². The van der Waals surface area contributed by atoms with Crippen molar-refractivity contribution in [3.63, 3.8) is 0 Å². The van der Waals surface area contributed by atoms with Gasteiger partial charge in [0.15, 0.2) is 0 Å². The van der Waals surface area contributed by atoms with E-state index >= 15 is 0 Å². The molecule has 0 aliphatic heterocycles. The molecule has 208 valence electrons. The fourth-order valence-corrected chi connectivity index (χ4v) is 5.67. The van der Waals surface area contributed by atoms with Crippen LogP contribution in [0.25, 0.3) is 0 Å². The first-order valence-electron chi connectivity index (χ1n) is 12.9. The maximum absolute atomic E-state index is 13.9. The highest BCUT2D eigenvalue weighted by atomic mass is 32.2. The molecule has 8 nitrogen and oxygen atoms in total. The van der Waals surface area contributed by atoms with Gasteiger partial charge in [-0.15, -0.1) is 0 Å². The molecule has 3 aromatic carbocycles. The van der Waals surface area contributed by atoms with Crippen LogP contribution in [0.2, 0.25) is 0 Å². The summed E-state index contributed by atoms with van der Waals surface area (Å²) in [4.78, 5) is 28.4. The van der Waals surface area contributed by atoms with E-state index in [1.807, 2.05) is 39.0 Å². The lowest BCUT2D eigenvalue weighted by Gasteiger charge is -2.32. The molecular formula is C30H37N3O5S. The van der Waals surface area contributed by atoms with Gasteiger partial charge < -0.3 is 15.0 Å². The normalized spacial score (nSPS) is 11.9. The second-order valence-electron chi connectivity index (χ2n) is 9.51. The molecule has 3 aromatic rings. The minimum Gasteiger partial charge on any atom is -0.497 e. The molecule has 0 fully saturated rings. The highest BCUT2D eigenvalue weighted by molar-refractivity contribution is 7.92. The number of rotatable bonds is 12. The average Bonchev–Trinajstić information content (AvgIpc) is 2.92. The second-order valence-corrected chi connectivity index (χ2v) is 11.4. The Kier molecular flexibility index (Phi) is 10.1. The van der Waals surface area contributed by atoms with E-state index in [2.05, 4.69) is 5.32 Å². The van der Waals surface area contributed by atoms with Crippen LogP contribution in [0.3, 0.4) is 0 Å². The number of benzene rings is 3. The molecule has 1 N–H and O–H groups in total. The van der Waals surface area contributed by atoms with Crippen molar-refractivity contribution < 1.29 is 22.7 Å². The zero-order valence-electron chi connectivity index (χ0n) is 23.2. The van der Waals surface area contributed by atoms with Gasteiger partial charge in [0.1, 0.15) is 18.3 Å². The third kappa shape index (κ3) is 7.60. The van der Waals surface area contributed by atoms with E-state index in [-0.39, 0.29) is 17.3 Å². The summed E-state index contributed by atoms with van der Waals surface area (Å²) < 4.78 is 34.1. The molecule has 0 aromatic heterocycles. The first-order valence-corrected chi connectivity index (χ1v) is 14.4. The van der Waals surface area contributed by atoms with E-state index in [9.17, 15) is 18.0 Å². The average molecular weight is 552 g/mol. The first-order chi connectivity index (χ1) is 18.6. The molecule has 0 unspecified atom stereocenters. The van der Waals surface area contributed by atoms with Crippen LogP contribution < -0.4 is 14.4 Å². The lowest BCUT2D eigenvalue weighted by atomic mass is 10.1. The molecule has 39 heavy (non-hydrogen) atoms. The fraction of sp³-hybridized carbons (Fsp3) is 0.333. The molecule has 0 saturated carbocycles. The van der Waals surface area contributed by atoms with Gasteiger partial charge in [0.2, 0.25) is 11.8 Å². The molecule has 0 radical (unpaired) electrons. The van der Waals surface area contributed by atoms with Gasteiger partial charge in [0.25, 0.3) is 10.0 Å². The van der Waals surface area contributed by atoms with Crippen molar-refractivity contribution in [2.45, 2.75) is 51.6 Å². The number of anilines is 1. The highest BCUT2D eigenvalue weighted by Crippen LogP contribution is 2.26. The standard InChI is InChI=1S/C30H37N3O5S/c1-6-16-31-30(35)24(4)32(20-25-12-14-27(38-5)15-13-25)29(34)21-33(26-18-22(2)17-23(3)19-26)39(36,37)28-10-8-7-9-11-28/h7-15,17-19,24H,6,16,20-21H2,1-5H3,(H,31,35)/t24-/m0/s1. The van der Waals surface area contributed by atoms with E-state index in [0.29, 0.717) is 18.0 Å². The van der Waals surface area contributed by atoms with Crippen molar-refractivity contribution in [1.82, 2.24) is 10.2 Å². The van der Waals surface area contributed by atoms with Gasteiger partial charge in [-0.05, 0) is 80.3 Å². The van der Waals surface area contributed by atoms with Crippen molar-refractivity contribution in [3.05, 3.63) is 89.5 Å². The summed E-state index contributed by atoms with van der Waals surface area (Å²) in [6.45, 7) is 7.48. The van der Waals surface area contributed by atoms with Crippen molar-refractivity contribution in [2.75, 3.05) is 24.5 Å². The Bertz CT molecular complexity index is 1360. The van der Waals surface area contributed by atoms with Gasteiger partial charge in [-0.25, -0.2) is 8.42 Å². The van der Waals surface area contributed by atoms with E-state index in [1.165, 1.54) is 17.0 Å². The summed E-state index contributed by atoms with van der Waals surface area (Å²) in [5, 5.41) is 2.84. The van der Waals surface area contributed by atoms with E-state index in [4.69, 9.17) is 4.74 Å². The van der Waals surface area contributed by atoms with Crippen LogP contribution in [0.4, 0.5) is 5.69 Å². The van der Waals surface area contributed by atoms with Crippen LogP contribution >= 0.6 is 0 Å². The Hall–Kier alpha value is -3.85. The van der Waals surface area contributed by atoms with Gasteiger partial charge in [-0.3, -0.25) is 13.9 Å². The number of nitrogens with one attached hydrogen (secondary N) is 1. The number of carbonyl (C=O) groups is 2. The molecule has 0 heterocycles. The maximum atomic E-state index is 13.9. The Balaban J connectivity index is 2.03. The van der Waals surface area contributed by atoms with Crippen LogP contribution in [0.5, 0.6) is 5.75 Å². The SMILES string of the molecule is CCCNC(=O)[C@H](C)N(Cc1ccc(OC)cc1)C(=O)CN(c1cc(C)cc(C)c1)S(=O)(=O)c1ccccc1. The van der Waals surface area contributed by atoms with Crippen molar-refractivity contribution in [3.8, 4) is 5.75 Å². The number of sulfonamides is 1. The minimum absolute atomic E-state index is 0.0763. The first kappa shape index (κ1) is 29.7. The highest BCUT2D eigenvalue weighted by Gasteiger charge is 2.32. The summed E-state index contributed by atoms with van der Waals surface area (Å²) in [5.41, 5.74) is 2.90. The van der Waals surface area contributed by atoms with Crippen molar-refractivity contribution in [2.24, 2.45) is 0 Å². The topological polar surface area (TPSA) is 96.0 Å². The number of aryl methyl sites for hydroxylation is 2. The van der Waals surface area contributed by atoms with Gasteiger partial charge in [-0.2, -0.15) is 0 Å². The summed E-state index contributed by atoms with van der Waals surface area (Å²) in [5.74, 6) is -0.133. The maximum Gasteiger partial charge on any atom is 0.264 e.